The lowest BCUT2D eigenvalue weighted by atomic mass is 10.2. The normalized spacial score (nSPS) is 13.6. The third kappa shape index (κ3) is 2.89. The van der Waals surface area contributed by atoms with Crippen LogP contribution in [0.2, 0.25) is 0 Å². The van der Waals surface area contributed by atoms with E-state index in [2.05, 4.69) is 5.10 Å². The van der Waals surface area contributed by atoms with Gasteiger partial charge in [-0.2, -0.15) is 18.3 Å². The van der Waals surface area contributed by atoms with Crippen molar-refractivity contribution in [3.63, 3.8) is 0 Å². The van der Waals surface area contributed by atoms with Gasteiger partial charge in [0, 0.05) is 11.8 Å². The highest BCUT2D eigenvalue weighted by atomic mass is 19.4. The molecule has 0 aliphatic carbocycles. The number of halogens is 3. The zero-order chi connectivity index (χ0) is 13.2. The van der Waals surface area contributed by atoms with Crippen molar-refractivity contribution in [1.82, 2.24) is 9.78 Å². The Bertz CT molecular complexity index is 508. The van der Waals surface area contributed by atoms with Gasteiger partial charge in [-0.3, -0.25) is 4.68 Å². The van der Waals surface area contributed by atoms with E-state index in [-0.39, 0.29) is 5.56 Å². The minimum atomic E-state index is -4.67. The molecular weight excluding hydrogens is 245 g/mol. The van der Waals surface area contributed by atoms with Gasteiger partial charge in [-0.25, -0.2) is 0 Å². The molecule has 0 aliphatic heterocycles. The molecule has 3 nitrogen and oxygen atoms in total. The van der Waals surface area contributed by atoms with Crippen molar-refractivity contribution in [2.45, 2.75) is 18.8 Å². The minimum absolute atomic E-state index is 0.251. The second-order valence-electron chi connectivity index (χ2n) is 3.90. The molecule has 1 aromatic carbocycles. The first-order valence-corrected chi connectivity index (χ1v) is 5.28. The Morgan fingerprint density at radius 3 is 2.50 bits per heavy atom. The van der Waals surface area contributed by atoms with E-state index in [9.17, 15) is 13.2 Å². The quantitative estimate of drug-likeness (QED) is 0.916. The molecule has 1 heterocycles. The Balaban J connectivity index is 2.12. The SMILES string of the molecule is O[C@@H](c1cnn(Cc2ccccc2)c1)C(F)(F)F. The van der Waals surface area contributed by atoms with E-state index < -0.39 is 12.3 Å². The van der Waals surface area contributed by atoms with Crippen LogP contribution in [0.3, 0.4) is 0 Å². The predicted octanol–water partition coefficient (Wildman–Crippen LogP) is 2.53. The zero-order valence-corrected chi connectivity index (χ0v) is 9.30. The van der Waals surface area contributed by atoms with Crippen LogP contribution in [-0.4, -0.2) is 21.1 Å². The summed E-state index contributed by atoms with van der Waals surface area (Å²) >= 11 is 0. The van der Waals surface area contributed by atoms with E-state index in [1.165, 1.54) is 10.9 Å². The number of benzene rings is 1. The number of nitrogens with zero attached hydrogens (tertiary/aromatic N) is 2. The molecule has 96 valence electrons. The van der Waals surface area contributed by atoms with Gasteiger partial charge in [0.15, 0.2) is 6.10 Å². The number of hydrogen-bond acceptors (Lipinski definition) is 2. The molecule has 18 heavy (non-hydrogen) atoms. The summed E-state index contributed by atoms with van der Waals surface area (Å²) in [6.07, 6.45) is -4.92. The molecular formula is C12H11F3N2O. The van der Waals surface area contributed by atoms with Gasteiger partial charge in [0.05, 0.1) is 12.7 Å². The fourth-order valence-electron chi connectivity index (χ4n) is 1.57. The third-order valence-electron chi connectivity index (χ3n) is 2.47. The first kappa shape index (κ1) is 12.6. The van der Waals surface area contributed by atoms with E-state index in [0.717, 1.165) is 11.8 Å². The average Bonchev–Trinajstić information content (AvgIpc) is 2.76. The molecule has 0 unspecified atom stereocenters. The van der Waals surface area contributed by atoms with E-state index >= 15 is 0 Å². The molecule has 6 heteroatoms. The highest BCUT2D eigenvalue weighted by molar-refractivity contribution is 5.16. The van der Waals surface area contributed by atoms with Gasteiger partial charge in [-0.1, -0.05) is 30.3 Å². The van der Waals surface area contributed by atoms with Gasteiger partial charge in [-0.05, 0) is 5.56 Å². The zero-order valence-electron chi connectivity index (χ0n) is 9.30. The highest BCUT2D eigenvalue weighted by Gasteiger charge is 2.40. The Morgan fingerprint density at radius 2 is 1.89 bits per heavy atom. The lowest BCUT2D eigenvalue weighted by Crippen LogP contribution is -2.19. The van der Waals surface area contributed by atoms with Crippen molar-refractivity contribution in [2.24, 2.45) is 0 Å². The smallest absolute Gasteiger partial charge is 0.379 e. The Labute approximate surface area is 101 Å². The van der Waals surface area contributed by atoms with E-state index in [1.807, 2.05) is 30.3 Å². The molecule has 0 bridgehead atoms. The van der Waals surface area contributed by atoms with Crippen molar-refractivity contribution < 1.29 is 18.3 Å². The van der Waals surface area contributed by atoms with Gasteiger partial charge in [-0.15, -0.1) is 0 Å². The lowest BCUT2D eigenvalue weighted by molar-refractivity contribution is -0.206. The summed E-state index contributed by atoms with van der Waals surface area (Å²) in [7, 11) is 0. The van der Waals surface area contributed by atoms with Crippen molar-refractivity contribution in [3.05, 3.63) is 53.9 Å². The molecule has 2 aromatic rings. The van der Waals surface area contributed by atoms with Crippen LogP contribution < -0.4 is 0 Å². The van der Waals surface area contributed by atoms with Gasteiger partial charge < -0.3 is 5.11 Å². The van der Waals surface area contributed by atoms with E-state index in [4.69, 9.17) is 5.11 Å². The van der Waals surface area contributed by atoms with Crippen LogP contribution in [0.4, 0.5) is 13.2 Å². The molecule has 0 aliphatic rings. The van der Waals surface area contributed by atoms with E-state index in [0.29, 0.717) is 6.54 Å². The molecule has 2 rings (SSSR count). The Morgan fingerprint density at radius 1 is 1.22 bits per heavy atom. The molecule has 1 atom stereocenters. The van der Waals surface area contributed by atoms with Crippen molar-refractivity contribution in [3.8, 4) is 0 Å². The average molecular weight is 256 g/mol. The molecule has 0 fully saturated rings. The standard InChI is InChI=1S/C12H11F3N2O/c13-12(14,15)11(18)10-6-16-17(8-10)7-9-4-2-1-3-5-9/h1-6,8,11,18H,7H2/t11-/m0/s1. The van der Waals surface area contributed by atoms with Crippen molar-refractivity contribution in [1.29, 1.82) is 0 Å². The molecule has 0 saturated heterocycles. The third-order valence-corrected chi connectivity index (χ3v) is 2.47. The fraction of sp³-hybridized carbons (Fsp3) is 0.250. The van der Waals surface area contributed by atoms with Gasteiger partial charge >= 0.3 is 6.18 Å². The number of hydrogen-bond donors (Lipinski definition) is 1. The molecule has 1 aromatic heterocycles. The van der Waals surface area contributed by atoms with Gasteiger partial charge in [0.25, 0.3) is 0 Å². The summed E-state index contributed by atoms with van der Waals surface area (Å²) in [6, 6.07) is 9.23. The Kier molecular flexibility index (Phi) is 3.38. The molecule has 0 spiro atoms. The van der Waals surface area contributed by atoms with Crippen molar-refractivity contribution in [2.75, 3.05) is 0 Å². The summed E-state index contributed by atoms with van der Waals surface area (Å²) in [5.41, 5.74) is 0.673. The fourth-order valence-corrected chi connectivity index (χ4v) is 1.57. The Hall–Kier alpha value is -1.82. The second-order valence-corrected chi connectivity index (χ2v) is 3.90. The van der Waals surface area contributed by atoms with Crippen LogP contribution in [0.5, 0.6) is 0 Å². The molecule has 0 amide bonds. The molecule has 0 radical (unpaired) electrons. The van der Waals surface area contributed by atoms with Crippen LogP contribution in [0.15, 0.2) is 42.7 Å². The maximum atomic E-state index is 12.3. The first-order chi connectivity index (χ1) is 8.47. The van der Waals surface area contributed by atoms with E-state index in [1.54, 1.807) is 0 Å². The van der Waals surface area contributed by atoms with Crippen LogP contribution in [0, 0.1) is 0 Å². The number of aliphatic hydroxyl groups excluding tert-OH is 1. The topological polar surface area (TPSA) is 38.1 Å². The summed E-state index contributed by atoms with van der Waals surface area (Å²) in [6.45, 7) is 0.366. The maximum absolute atomic E-state index is 12.3. The summed E-state index contributed by atoms with van der Waals surface area (Å²) in [5.74, 6) is 0. The van der Waals surface area contributed by atoms with Crippen LogP contribution in [0.1, 0.15) is 17.2 Å². The predicted molar refractivity (Wildman–Crippen MR) is 58.8 cm³/mol. The van der Waals surface area contributed by atoms with Gasteiger partial charge in [0.1, 0.15) is 0 Å². The van der Waals surface area contributed by atoms with Crippen LogP contribution in [0.25, 0.3) is 0 Å². The number of aromatic nitrogens is 2. The maximum Gasteiger partial charge on any atom is 0.418 e. The van der Waals surface area contributed by atoms with Gasteiger partial charge in [0.2, 0.25) is 0 Å². The first-order valence-electron chi connectivity index (χ1n) is 5.28. The highest BCUT2D eigenvalue weighted by Crippen LogP contribution is 2.31. The summed E-state index contributed by atoms with van der Waals surface area (Å²) in [5, 5.41) is 12.9. The van der Waals surface area contributed by atoms with Crippen molar-refractivity contribution >= 4 is 0 Å². The second kappa shape index (κ2) is 4.81. The minimum Gasteiger partial charge on any atom is -0.379 e. The molecule has 1 N–H and O–H groups in total. The summed E-state index contributed by atoms with van der Waals surface area (Å²) in [4.78, 5) is 0. The van der Waals surface area contributed by atoms with Crippen LogP contribution in [-0.2, 0) is 6.54 Å². The number of alkyl halides is 3. The number of aliphatic hydroxyl groups is 1. The summed E-state index contributed by atoms with van der Waals surface area (Å²) < 4.78 is 38.2. The largest absolute Gasteiger partial charge is 0.418 e. The van der Waals surface area contributed by atoms with Crippen LogP contribution >= 0.6 is 0 Å². The monoisotopic (exact) mass is 256 g/mol. The number of rotatable bonds is 3. The molecule has 0 saturated carbocycles. The lowest BCUT2D eigenvalue weighted by Gasteiger charge is -2.11.